The second kappa shape index (κ2) is 3.15. The first-order valence-corrected chi connectivity index (χ1v) is 4.97. The molecule has 1 fully saturated rings. The van der Waals surface area contributed by atoms with Crippen molar-refractivity contribution in [3.8, 4) is 0 Å². The summed E-state index contributed by atoms with van der Waals surface area (Å²) in [6.45, 7) is 3.51. The first-order valence-electron chi connectivity index (χ1n) is 4.97. The highest BCUT2D eigenvalue weighted by Gasteiger charge is 2.50. The number of rotatable bonds is 3. The van der Waals surface area contributed by atoms with Gasteiger partial charge in [-0.3, -0.25) is 0 Å². The second-order valence-electron chi connectivity index (χ2n) is 4.24. The van der Waals surface area contributed by atoms with Crippen LogP contribution in [0.3, 0.4) is 0 Å². The highest BCUT2D eigenvalue weighted by Crippen LogP contribution is 2.53. The van der Waals surface area contributed by atoms with Crippen molar-refractivity contribution in [2.75, 3.05) is 13.6 Å². The largest absolute Gasteiger partial charge is 0.319 e. The summed E-state index contributed by atoms with van der Waals surface area (Å²) in [7, 11) is 2.03. The standard InChI is InChI=1S/C12H17N/c1-12(8-11(12)9-13-2)10-6-4-3-5-7-10/h3-7,11,13H,8-9H2,1-2H3/t11-,12-/m1/s1. The fraction of sp³-hybridized carbons (Fsp3) is 0.500. The Kier molecular flexibility index (Phi) is 2.12. The first-order chi connectivity index (χ1) is 6.27. The third kappa shape index (κ3) is 1.49. The topological polar surface area (TPSA) is 12.0 Å². The molecule has 1 aliphatic rings. The first kappa shape index (κ1) is 8.76. The van der Waals surface area contributed by atoms with Crippen LogP contribution in [-0.2, 0) is 5.41 Å². The summed E-state index contributed by atoms with van der Waals surface area (Å²) >= 11 is 0. The van der Waals surface area contributed by atoms with Crippen LogP contribution in [0.4, 0.5) is 0 Å². The quantitative estimate of drug-likeness (QED) is 0.742. The molecule has 0 spiro atoms. The van der Waals surface area contributed by atoms with Crippen LogP contribution in [0.1, 0.15) is 18.9 Å². The Morgan fingerprint density at radius 3 is 2.69 bits per heavy atom. The predicted molar refractivity (Wildman–Crippen MR) is 55.8 cm³/mol. The molecule has 0 unspecified atom stereocenters. The van der Waals surface area contributed by atoms with Gasteiger partial charge in [-0.2, -0.15) is 0 Å². The van der Waals surface area contributed by atoms with Gasteiger partial charge in [0.05, 0.1) is 0 Å². The summed E-state index contributed by atoms with van der Waals surface area (Å²) in [6, 6.07) is 10.8. The van der Waals surface area contributed by atoms with Gasteiger partial charge in [-0.15, -0.1) is 0 Å². The number of hydrogen-bond donors (Lipinski definition) is 1. The molecular formula is C12H17N. The smallest absolute Gasteiger partial charge is 0.00148 e. The summed E-state index contributed by atoms with van der Waals surface area (Å²) in [4.78, 5) is 0. The van der Waals surface area contributed by atoms with Crippen molar-refractivity contribution in [1.29, 1.82) is 0 Å². The molecule has 0 aliphatic heterocycles. The zero-order chi connectivity index (χ0) is 9.31. The molecule has 0 saturated heterocycles. The van der Waals surface area contributed by atoms with Crippen LogP contribution >= 0.6 is 0 Å². The van der Waals surface area contributed by atoms with E-state index in [1.54, 1.807) is 0 Å². The van der Waals surface area contributed by atoms with Crippen molar-refractivity contribution >= 4 is 0 Å². The van der Waals surface area contributed by atoms with Gasteiger partial charge in [0.25, 0.3) is 0 Å². The van der Waals surface area contributed by atoms with Crippen molar-refractivity contribution in [1.82, 2.24) is 5.32 Å². The fourth-order valence-corrected chi connectivity index (χ4v) is 2.17. The van der Waals surface area contributed by atoms with Crippen LogP contribution in [-0.4, -0.2) is 13.6 Å². The molecule has 70 valence electrons. The Morgan fingerprint density at radius 1 is 1.38 bits per heavy atom. The Bertz CT molecular complexity index is 280. The van der Waals surface area contributed by atoms with Gasteiger partial charge in [0.1, 0.15) is 0 Å². The minimum Gasteiger partial charge on any atom is -0.319 e. The van der Waals surface area contributed by atoms with Crippen molar-refractivity contribution < 1.29 is 0 Å². The fourth-order valence-electron chi connectivity index (χ4n) is 2.17. The normalized spacial score (nSPS) is 31.7. The molecule has 1 N–H and O–H groups in total. The molecule has 2 atom stereocenters. The van der Waals surface area contributed by atoms with Crippen LogP contribution in [0.15, 0.2) is 30.3 Å². The van der Waals surface area contributed by atoms with Gasteiger partial charge in [-0.1, -0.05) is 37.3 Å². The molecule has 1 heteroatoms. The predicted octanol–water partition coefficient (Wildman–Crippen LogP) is 2.18. The molecule has 1 nitrogen and oxygen atoms in total. The van der Waals surface area contributed by atoms with E-state index >= 15 is 0 Å². The summed E-state index contributed by atoms with van der Waals surface area (Å²) in [5.74, 6) is 0.833. The molecule has 0 heterocycles. The molecule has 13 heavy (non-hydrogen) atoms. The van der Waals surface area contributed by atoms with Gasteiger partial charge >= 0.3 is 0 Å². The minimum atomic E-state index is 0.449. The van der Waals surface area contributed by atoms with E-state index in [1.807, 2.05) is 7.05 Å². The highest BCUT2D eigenvalue weighted by atomic mass is 14.8. The second-order valence-corrected chi connectivity index (χ2v) is 4.24. The van der Waals surface area contributed by atoms with Gasteiger partial charge in [0, 0.05) is 0 Å². The summed E-state index contributed by atoms with van der Waals surface area (Å²) in [5, 5.41) is 3.25. The maximum absolute atomic E-state index is 3.25. The van der Waals surface area contributed by atoms with Crippen LogP contribution < -0.4 is 5.32 Å². The van der Waals surface area contributed by atoms with Gasteiger partial charge < -0.3 is 5.32 Å². The summed E-state index contributed by atoms with van der Waals surface area (Å²) in [6.07, 6.45) is 1.33. The third-order valence-corrected chi connectivity index (χ3v) is 3.30. The lowest BCUT2D eigenvalue weighted by Gasteiger charge is -2.11. The Labute approximate surface area is 80.2 Å². The highest BCUT2D eigenvalue weighted by molar-refractivity contribution is 5.32. The van der Waals surface area contributed by atoms with E-state index in [4.69, 9.17) is 0 Å². The Morgan fingerprint density at radius 2 is 2.08 bits per heavy atom. The van der Waals surface area contributed by atoms with E-state index in [0.717, 1.165) is 12.5 Å². The molecule has 1 aromatic rings. The molecular weight excluding hydrogens is 158 g/mol. The van der Waals surface area contributed by atoms with Crippen LogP contribution in [0.25, 0.3) is 0 Å². The maximum Gasteiger partial charge on any atom is -0.00148 e. The van der Waals surface area contributed by atoms with Gasteiger partial charge in [-0.25, -0.2) is 0 Å². The zero-order valence-corrected chi connectivity index (χ0v) is 8.38. The SMILES string of the molecule is CNC[C@H]1C[C@]1(C)c1ccccc1. The van der Waals surface area contributed by atoms with E-state index in [1.165, 1.54) is 12.0 Å². The molecule has 1 saturated carbocycles. The van der Waals surface area contributed by atoms with Gasteiger partial charge in [-0.05, 0) is 36.9 Å². The van der Waals surface area contributed by atoms with Crippen molar-refractivity contribution in [3.05, 3.63) is 35.9 Å². The lowest BCUT2D eigenvalue weighted by atomic mass is 9.96. The Hall–Kier alpha value is -0.820. The molecule has 1 aliphatic carbocycles. The molecule has 2 rings (SSSR count). The molecule has 0 amide bonds. The number of hydrogen-bond acceptors (Lipinski definition) is 1. The van der Waals surface area contributed by atoms with E-state index in [-0.39, 0.29) is 0 Å². The minimum absolute atomic E-state index is 0.449. The molecule has 0 radical (unpaired) electrons. The third-order valence-electron chi connectivity index (χ3n) is 3.30. The average molecular weight is 175 g/mol. The van der Waals surface area contributed by atoms with Gasteiger partial charge in [0.2, 0.25) is 0 Å². The average Bonchev–Trinajstić information content (AvgIpc) is 2.81. The maximum atomic E-state index is 3.25. The molecule has 0 aromatic heterocycles. The Balaban J connectivity index is 2.11. The van der Waals surface area contributed by atoms with Crippen molar-refractivity contribution in [3.63, 3.8) is 0 Å². The van der Waals surface area contributed by atoms with Crippen LogP contribution in [0.5, 0.6) is 0 Å². The number of nitrogens with one attached hydrogen (secondary N) is 1. The van der Waals surface area contributed by atoms with E-state index < -0.39 is 0 Å². The number of benzene rings is 1. The van der Waals surface area contributed by atoms with Crippen molar-refractivity contribution in [2.24, 2.45) is 5.92 Å². The van der Waals surface area contributed by atoms with Gasteiger partial charge in [0.15, 0.2) is 0 Å². The monoisotopic (exact) mass is 175 g/mol. The lowest BCUT2D eigenvalue weighted by Crippen LogP contribution is -2.15. The molecule has 1 aromatic carbocycles. The summed E-state index contributed by atoms with van der Waals surface area (Å²) < 4.78 is 0. The van der Waals surface area contributed by atoms with E-state index in [2.05, 4.69) is 42.6 Å². The van der Waals surface area contributed by atoms with Crippen molar-refractivity contribution in [2.45, 2.75) is 18.8 Å². The summed E-state index contributed by atoms with van der Waals surface area (Å²) in [5.41, 5.74) is 1.94. The zero-order valence-electron chi connectivity index (χ0n) is 8.38. The van der Waals surface area contributed by atoms with E-state index in [0.29, 0.717) is 5.41 Å². The van der Waals surface area contributed by atoms with Crippen LogP contribution in [0, 0.1) is 5.92 Å². The van der Waals surface area contributed by atoms with Crippen LogP contribution in [0.2, 0.25) is 0 Å². The lowest BCUT2D eigenvalue weighted by molar-refractivity contribution is 0.617. The van der Waals surface area contributed by atoms with E-state index in [9.17, 15) is 0 Å². The molecule has 0 bridgehead atoms.